The zero-order chi connectivity index (χ0) is 17.0. The van der Waals surface area contributed by atoms with E-state index in [1.807, 2.05) is 19.9 Å². The molecule has 0 bridgehead atoms. The third-order valence-electron chi connectivity index (χ3n) is 3.79. The highest BCUT2D eigenvalue weighted by atomic mass is 16.2. The molecule has 5 nitrogen and oxygen atoms in total. The zero-order valence-corrected chi connectivity index (χ0v) is 13.6. The minimum atomic E-state index is -0.566. The van der Waals surface area contributed by atoms with Crippen LogP contribution < -0.4 is 5.32 Å². The third kappa shape index (κ3) is 3.26. The maximum absolute atomic E-state index is 12.4. The summed E-state index contributed by atoms with van der Waals surface area (Å²) in [6.45, 7) is 6.15. The highest BCUT2D eigenvalue weighted by Gasteiger charge is 2.38. The van der Waals surface area contributed by atoms with Crippen molar-refractivity contribution >= 4 is 17.7 Å². The molecule has 1 N–H and O–H groups in total. The average molecular weight is 312 g/mol. The lowest BCUT2D eigenvalue weighted by atomic mass is 10.0. The maximum atomic E-state index is 12.4. The Hall–Kier alpha value is -2.61. The number of fused-ring (bicyclic) bond motifs is 1. The molecule has 0 aliphatic carbocycles. The summed E-state index contributed by atoms with van der Waals surface area (Å²) in [7, 11) is 0. The largest absolute Gasteiger partial charge is 0.322 e. The van der Waals surface area contributed by atoms with E-state index in [2.05, 4.69) is 17.2 Å². The van der Waals surface area contributed by atoms with Crippen molar-refractivity contribution in [3.8, 4) is 11.8 Å². The molecule has 1 fully saturated rings. The molecule has 0 saturated carbocycles. The van der Waals surface area contributed by atoms with Crippen LogP contribution in [0.3, 0.4) is 0 Å². The third-order valence-corrected chi connectivity index (χ3v) is 3.79. The molecule has 0 spiro atoms. The van der Waals surface area contributed by atoms with Crippen LogP contribution in [0.4, 0.5) is 0 Å². The van der Waals surface area contributed by atoms with E-state index in [0.29, 0.717) is 18.5 Å². The molecular formula is C18H20N2O3. The van der Waals surface area contributed by atoms with Crippen LogP contribution in [0.25, 0.3) is 0 Å². The molecule has 1 unspecified atom stereocenters. The number of benzene rings is 1. The Bertz CT molecular complexity index is 713. The van der Waals surface area contributed by atoms with Gasteiger partial charge >= 0.3 is 0 Å². The molecule has 1 saturated heterocycles. The molecule has 2 aliphatic rings. The van der Waals surface area contributed by atoms with Crippen LogP contribution in [0.1, 0.15) is 55.1 Å². The lowest BCUT2D eigenvalue weighted by molar-refractivity contribution is -0.136. The number of hydrogen-bond donors (Lipinski definition) is 1. The van der Waals surface area contributed by atoms with Gasteiger partial charge in [-0.1, -0.05) is 19.8 Å². The number of carbonyl (C=O) groups excluding carboxylic acids is 3. The van der Waals surface area contributed by atoms with Gasteiger partial charge in [-0.2, -0.15) is 0 Å². The van der Waals surface area contributed by atoms with Gasteiger partial charge in [0.15, 0.2) is 0 Å². The molecule has 2 heterocycles. The second-order valence-electron chi connectivity index (χ2n) is 5.15. The molecular weight excluding hydrogens is 292 g/mol. The fourth-order valence-electron chi connectivity index (χ4n) is 2.80. The second-order valence-corrected chi connectivity index (χ2v) is 5.15. The lowest BCUT2D eigenvalue weighted by Gasteiger charge is -2.29. The van der Waals surface area contributed by atoms with Crippen molar-refractivity contribution in [1.29, 1.82) is 0 Å². The van der Waals surface area contributed by atoms with Crippen LogP contribution in [0.15, 0.2) is 18.2 Å². The van der Waals surface area contributed by atoms with E-state index in [0.717, 1.165) is 11.1 Å². The summed E-state index contributed by atoms with van der Waals surface area (Å²) < 4.78 is 0. The van der Waals surface area contributed by atoms with Crippen molar-refractivity contribution in [1.82, 2.24) is 10.2 Å². The fraction of sp³-hybridized carbons (Fsp3) is 0.389. The number of rotatable bonds is 1. The highest BCUT2D eigenvalue weighted by molar-refractivity contribution is 6.05. The van der Waals surface area contributed by atoms with Gasteiger partial charge in [-0.3, -0.25) is 19.7 Å². The molecule has 5 heteroatoms. The van der Waals surface area contributed by atoms with Crippen LogP contribution in [0.2, 0.25) is 0 Å². The van der Waals surface area contributed by atoms with Gasteiger partial charge in [0.05, 0.1) is 0 Å². The predicted molar refractivity (Wildman–Crippen MR) is 86.4 cm³/mol. The van der Waals surface area contributed by atoms with Gasteiger partial charge in [-0.25, -0.2) is 0 Å². The number of nitrogens with zero attached hydrogens (tertiary/aromatic N) is 1. The highest BCUT2D eigenvalue weighted by Crippen LogP contribution is 2.27. The molecule has 3 rings (SSSR count). The first kappa shape index (κ1) is 16.8. The van der Waals surface area contributed by atoms with Gasteiger partial charge in [0.1, 0.15) is 6.04 Å². The van der Waals surface area contributed by atoms with Gasteiger partial charge in [0.2, 0.25) is 11.8 Å². The summed E-state index contributed by atoms with van der Waals surface area (Å²) in [5.41, 5.74) is 2.35. The van der Waals surface area contributed by atoms with Gasteiger partial charge in [-0.05, 0) is 37.1 Å². The minimum absolute atomic E-state index is 0.157. The van der Waals surface area contributed by atoms with Crippen LogP contribution in [0.5, 0.6) is 0 Å². The summed E-state index contributed by atoms with van der Waals surface area (Å²) in [6, 6.07) is 4.88. The molecule has 0 radical (unpaired) electrons. The van der Waals surface area contributed by atoms with E-state index in [1.54, 1.807) is 19.1 Å². The topological polar surface area (TPSA) is 66.5 Å². The Morgan fingerprint density at radius 1 is 1.22 bits per heavy atom. The molecule has 120 valence electrons. The monoisotopic (exact) mass is 312 g/mol. The number of hydrogen-bond acceptors (Lipinski definition) is 3. The van der Waals surface area contributed by atoms with Gasteiger partial charge in [0, 0.05) is 24.1 Å². The van der Waals surface area contributed by atoms with Crippen molar-refractivity contribution in [3.63, 3.8) is 0 Å². The Labute approximate surface area is 136 Å². The van der Waals surface area contributed by atoms with Crippen molar-refractivity contribution in [2.24, 2.45) is 0 Å². The standard InChI is InChI=1S/C16H14N2O3.C2H6/c1-2-3-10-4-5-12-11(8-10)9-18(16(12)21)13-6-7-14(19)17-15(13)20;1-2/h4-5,8,13H,6-7,9H2,1H3,(H,17,19,20);1-2H3. The van der Waals surface area contributed by atoms with Crippen LogP contribution in [-0.4, -0.2) is 28.7 Å². The number of carbonyl (C=O) groups is 3. The number of imide groups is 1. The fourth-order valence-corrected chi connectivity index (χ4v) is 2.80. The first-order valence-electron chi connectivity index (χ1n) is 7.80. The molecule has 23 heavy (non-hydrogen) atoms. The second kappa shape index (κ2) is 7.10. The number of amides is 3. The van der Waals surface area contributed by atoms with Crippen LogP contribution in [0, 0.1) is 11.8 Å². The van der Waals surface area contributed by atoms with E-state index in [9.17, 15) is 14.4 Å². The van der Waals surface area contributed by atoms with E-state index in [-0.39, 0.29) is 24.1 Å². The maximum Gasteiger partial charge on any atom is 0.255 e. The lowest BCUT2D eigenvalue weighted by Crippen LogP contribution is -2.52. The normalized spacial score (nSPS) is 19.2. The molecule has 3 amide bonds. The van der Waals surface area contributed by atoms with E-state index in [1.165, 1.54) is 4.90 Å². The Morgan fingerprint density at radius 2 is 1.96 bits per heavy atom. The summed E-state index contributed by atoms with van der Waals surface area (Å²) in [6.07, 6.45) is 0.648. The smallest absolute Gasteiger partial charge is 0.255 e. The first-order valence-corrected chi connectivity index (χ1v) is 7.80. The first-order chi connectivity index (χ1) is 11.1. The van der Waals surface area contributed by atoms with Crippen molar-refractivity contribution in [2.45, 2.75) is 46.2 Å². The van der Waals surface area contributed by atoms with E-state index in [4.69, 9.17) is 0 Å². The van der Waals surface area contributed by atoms with Crippen LogP contribution >= 0.6 is 0 Å². The molecule has 1 aromatic carbocycles. The van der Waals surface area contributed by atoms with Gasteiger partial charge < -0.3 is 4.90 Å². The molecule has 1 atom stereocenters. The van der Waals surface area contributed by atoms with Gasteiger partial charge in [0.25, 0.3) is 5.91 Å². The summed E-state index contributed by atoms with van der Waals surface area (Å²) >= 11 is 0. The summed E-state index contributed by atoms with van der Waals surface area (Å²) in [5.74, 6) is 4.96. The number of piperidine rings is 1. The SMILES string of the molecule is CC.CC#Cc1ccc2c(c1)CN(C1CCC(=O)NC1=O)C2=O. The minimum Gasteiger partial charge on any atom is -0.322 e. The molecule has 1 aromatic rings. The molecule has 0 aromatic heterocycles. The zero-order valence-electron chi connectivity index (χ0n) is 13.6. The van der Waals surface area contributed by atoms with Crippen molar-refractivity contribution in [2.75, 3.05) is 0 Å². The van der Waals surface area contributed by atoms with E-state index >= 15 is 0 Å². The van der Waals surface area contributed by atoms with Crippen molar-refractivity contribution in [3.05, 3.63) is 34.9 Å². The summed E-state index contributed by atoms with van der Waals surface area (Å²) in [4.78, 5) is 37.1. The quantitative estimate of drug-likeness (QED) is 0.635. The van der Waals surface area contributed by atoms with E-state index < -0.39 is 6.04 Å². The Kier molecular flexibility index (Phi) is 5.17. The van der Waals surface area contributed by atoms with Crippen LogP contribution in [-0.2, 0) is 16.1 Å². The Balaban J connectivity index is 0.000000924. The summed E-state index contributed by atoms with van der Waals surface area (Å²) in [5, 5.41) is 2.29. The average Bonchev–Trinajstić information content (AvgIpc) is 2.86. The van der Waals surface area contributed by atoms with Crippen molar-refractivity contribution < 1.29 is 14.4 Å². The Morgan fingerprint density at radius 3 is 2.61 bits per heavy atom. The number of nitrogens with one attached hydrogen (secondary N) is 1. The predicted octanol–water partition coefficient (Wildman–Crippen LogP) is 1.85. The van der Waals surface area contributed by atoms with Gasteiger partial charge in [-0.15, -0.1) is 5.92 Å². The molecule has 2 aliphatic heterocycles.